The first-order chi connectivity index (χ1) is 12.5. The summed E-state index contributed by atoms with van der Waals surface area (Å²) in [6.07, 6.45) is 5.78. The van der Waals surface area contributed by atoms with E-state index >= 15 is 0 Å². The molecule has 4 nitrogen and oxygen atoms in total. The Kier molecular flexibility index (Phi) is 6.22. The molecule has 1 aromatic carbocycles. The number of nitrogens with zero attached hydrogens (tertiary/aromatic N) is 1. The van der Waals surface area contributed by atoms with E-state index < -0.39 is 0 Å². The number of fused-ring (bicyclic) bond motifs is 1. The second kappa shape index (κ2) is 8.42. The summed E-state index contributed by atoms with van der Waals surface area (Å²) in [7, 11) is 1.52. The van der Waals surface area contributed by atoms with E-state index in [0.717, 1.165) is 36.8 Å². The normalized spacial score (nSPS) is 13.7. The summed E-state index contributed by atoms with van der Waals surface area (Å²) >= 11 is 13.9. The van der Waals surface area contributed by atoms with Crippen molar-refractivity contribution < 1.29 is 14.3 Å². The molecule has 1 heterocycles. The van der Waals surface area contributed by atoms with Gasteiger partial charge in [-0.25, -0.2) is 9.79 Å². The van der Waals surface area contributed by atoms with Crippen molar-refractivity contribution in [2.24, 2.45) is 4.99 Å². The van der Waals surface area contributed by atoms with Gasteiger partial charge in [0, 0.05) is 11.1 Å². The number of methoxy groups -OCH3 is 1. The van der Waals surface area contributed by atoms with Crippen molar-refractivity contribution in [3.05, 3.63) is 43.7 Å². The average molecular weight is 412 g/mol. The van der Waals surface area contributed by atoms with E-state index in [0.29, 0.717) is 33.0 Å². The molecule has 0 atom stereocenters. The first-order valence-electron chi connectivity index (χ1n) is 8.43. The fourth-order valence-electron chi connectivity index (χ4n) is 3.04. The molecule has 0 aliphatic heterocycles. The highest BCUT2D eigenvalue weighted by molar-refractivity contribution is 7.16. The molecule has 138 valence electrons. The van der Waals surface area contributed by atoms with Crippen molar-refractivity contribution in [2.45, 2.75) is 32.6 Å². The zero-order valence-electron chi connectivity index (χ0n) is 14.6. The molecular formula is C19H19Cl2NO3S. The van der Waals surface area contributed by atoms with E-state index in [1.807, 2.05) is 0 Å². The minimum Gasteiger partial charge on any atom is -0.494 e. The van der Waals surface area contributed by atoms with Gasteiger partial charge in [-0.3, -0.25) is 0 Å². The highest BCUT2D eigenvalue weighted by Gasteiger charge is 2.26. The van der Waals surface area contributed by atoms with Crippen LogP contribution in [0.25, 0.3) is 0 Å². The summed E-state index contributed by atoms with van der Waals surface area (Å²) in [4.78, 5) is 18.2. The van der Waals surface area contributed by atoms with Gasteiger partial charge in [-0.1, -0.05) is 23.2 Å². The monoisotopic (exact) mass is 411 g/mol. The second-order valence-corrected chi connectivity index (χ2v) is 7.79. The number of hydrogen-bond donors (Lipinski definition) is 0. The minimum atomic E-state index is -0.301. The smallest absolute Gasteiger partial charge is 0.341 e. The van der Waals surface area contributed by atoms with Crippen LogP contribution in [0, 0.1) is 0 Å². The fraction of sp³-hybridized carbons (Fsp3) is 0.368. The van der Waals surface area contributed by atoms with Gasteiger partial charge in [0.05, 0.1) is 29.3 Å². The van der Waals surface area contributed by atoms with Crippen molar-refractivity contribution >= 4 is 51.7 Å². The molecule has 0 unspecified atom stereocenters. The van der Waals surface area contributed by atoms with Gasteiger partial charge in [0.25, 0.3) is 0 Å². The summed E-state index contributed by atoms with van der Waals surface area (Å²) in [5, 5.41) is 1.51. The predicted molar refractivity (Wildman–Crippen MR) is 107 cm³/mol. The van der Waals surface area contributed by atoms with E-state index in [1.54, 1.807) is 36.6 Å². The number of ether oxygens (including phenoxy) is 2. The molecule has 0 radical (unpaired) electrons. The van der Waals surface area contributed by atoms with E-state index in [9.17, 15) is 4.79 Å². The SMILES string of the molecule is CCOC(=O)c1c(/N=C/c2cc(Cl)c(OC)c(Cl)c2)sc2c1CCCC2. The zero-order chi connectivity index (χ0) is 18.7. The summed E-state index contributed by atoms with van der Waals surface area (Å²) in [6, 6.07) is 3.46. The Bertz CT molecular complexity index is 838. The lowest BCUT2D eigenvalue weighted by Gasteiger charge is -2.11. The molecule has 0 fully saturated rings. The summed E-state index contributed by atoms with van der Waals surface area (Å²) in [5.41, 5.74) is 2.44. The number of rotatable bonds is 5. The van der Waals surface area contributed by atoms with Crippen LogP contribution >= 0.6 is 34.5 Å². The van der Waals surface area contributed by atoms with Gasteiger partial charge < -0.3 is 9.47 Å². The van der Waals surface area contributed by atoms with E-state index in [-0.39, 0.29) is 5.97 Å². The Hall–Kier alpha value is -1.56. The van der Waals surface area contributed by atoms with Gasteiger partial charge in [0.15, 0.2) is 5.75 Å². The number of carbonyl (C=O) groups excluding carboxylic acids is 1. The number of aryl methyl sites for hydroxylation is 1. The lowest BCUT2D eigenvalue weighted by atomic mass is 9.95. The second-order valence-electron chi connectivity index (χ2n) is 5.89. The molecule has 0 saturated carbocycles. The van der Waals surface area contributed by atoms with Gasteiger partial charge in [0.1, 0.15) is 5.00 Å². The highest BCUT2D eigenvalue weighted by atomic mass is 35.5. The molecule has 2 aromatic rings. The van der Waals surface area contributed by atoms with Crippen molar-refractivity contribution in [1.82, 2.24) is 0 Å². The largest absolute Gasteiger partial charge is 0.494 e. The molecule has 0 N–H and O–H groups in total. The van der Waals surface area contributed by atoms with Crippen LogP contribution in [0.2, 0.25) is 10.0 Å². The van der Waals surface area contributed by atoms with Crippen LogP contribution in [-0.4, -0.2) is 25.9 Å². The van der Waals surface area contributed by atoms with Gasteiger partial charge in [0.2, 0.25) is 0 Å². The van der Waals surface area contributed by atoms with Crippen LogP contribution in [0.4, 0.5) is 5.00 Å². The number of thiophene rings is 1. The Balaban J connectivity index is 1.98. The Labute approximate surface area is 166 Å². The molecule has 3 rings (SSSR count). The van der Waals surface area contributed by atoms with Gasteiger partial charge in [-0.15, -0.1) is 11.3 Å². The number of benzene rings is 1. The first kappa shape index (κ1) is 19.2. The summed E-state index contributed by atoms with van der Waals surface area (Å²) < 4.78 is 10.4. The third kappa shape index (κ3) is 3.90. The number of carbonyl (C=O) groups is 1. The maximum atomic E-state index is 12.5. The summed E-state index contributed by atoms with van der Waals surface area (Å²) in [5.74, 6) is 0.133. The minimum absolute atomic E-state index is 0.301. The Morgan fingerprint density at radius 3 is 2.62 bits per heavy atom. The molecule has 0 bridgehead atoms. The average Bonchev–Trinajstić information content (AvgIpc) is 2.98. The van der Waals surface area contributed by atoms with Crippen LogP contribution in [0.3, 0.4) is 0 Å². The van der Waals surface area contributed by atoms with Crippen LogP contribution in [0.5, 0.6) is 5.75 Å². The molecule has 0 spiro atoms. The molecule has 7 heteroatoms. The quantitative estimate of drug-likeness (QED) is 0.456. The number of hydrogen-bond acceptors (Lipinski definition) is 5. The van der Waals surface area contributed by atoms with Crippen LogP contribution in [0.1, 0.15) is 46.1 Å². The highest BCUT2D eigenvalue weighted by Crippen LogP contribution is 2.40. The van der Waals surface area contributed by atoms with Crippen LogP contribution < -0.4 is 4.74 Å². The molecule has 1 aromatic heterocycles. The molecule has 26 heavy (non-hydrogen) atoms. The maximum Gasteiger partial charge on any atom is 0.341 e. The number of aliphatic imine (C=N–C) groups is 1. The third-order valence-electron chi connectivity index (χ3n) is 4.19. The van der Waals surface area contributed by atoms with Crippen molar-refractivity contribution in [1.29, 1.82) is 0 Å². The molecule has 0 amide bonds. The van der Waals surface area contributed by atoms with Gasteiger partial charge in [-0.2, -0.15) is 0 Å². The Morgan fingerprint density at radius 2 is 1.96 bits per heavy atom. The van der Waals surface area contributed by atoms with Gasteiger partial charge >= 0.3 is 5.97 Å². The number of halogens is 2. The summed E-state index contributed by atoms with van der Waals surface area (Å²) in [6.45, 7) is 2.15. The van der Waals surface area contributed by atoms with Crippen LogP contribution in [-0.2, 0) is 17.6 Å². The third-order valence-corrected chi connectivity index (χ3v) is 5.95. The predicted octanol–water partition coefficient (Wildman–Crippen LogP) is 5.87. The van der Waals surface area contributed by atoms with Crippen molar-refractivity contribution in [2.75, 3.05) is 13.7 Å². The molecule has 1 aliphatic carbocycles. The standard InChI is InChI=1S/C19H19Cl2NO3S/c1-3-25-19(23)16-12-6-4-5-7-15(12)26-18(16)22-10-11-8-13(20)17(24-2)14(21)9-11/h8-10H,3-7H2,1-2H3/b22-10+. The zero-order valence-corrected chi connectivity index (χ0v) is 16.9. The van der Waals surface area contributed by atoms with E-state index in [2.05, 4.69) is 4.99 Å². The van der Waals surface area contributed by atoms with Crippen molar-refractivity contribution in [3.8, 4) is 5.75 Å². The fourth-order valence-corrected chi connectivity index (χ4v) is 4.92. The van der Waals surface area contributed by atoms with E-state index in [4.69, 9.17) is 32.7 Å². The molecule has 1 aliphatic rings. The van der Waals surface area contributed by atoms with E-state index in [1.165, 1.54) is 12.0 Å². The lowest BCUT2D eigenvalue weighted by molar-refractivity contribution is 0.0526. The van der Waals surface area contributed by atoms with Gasteiger partial charge in [-0.05, 0) is 55.9 Å². The number of esters is 1. The van der Waals surface area contributed by atoms with Crippen molar-refractivity contribution in [3.63, 3.8) is 0 Å². The Morgan fingerprint density at radius 1 is 1.27 bits per heavy atom. The lowest BCUT2D eigenvalue weighted by Crippen LogP contribution is -2.09. The maximum absolute atomic E-state index is 12.5. The topological polar surface area (TPSA) is 47.9 Å². The molecular weight excluding hydrogens is 393 g/mol. The first-order valence-corrected chi connectivity index (χ1v) is 10.0. The molecule has 0 saturated heterocycles. The van der Waals surface area contributed by atoms with Crippen LogP contribution in [0.15, 0.2) is 17.1 Å².